The summed E-state index contributed by atoms with van der Waals surface area (Å²) in [5.41, 5.74) is 2.42. The van der Waals surface area contributed by atoms with Crippen LogP contribution < -0.4 is 0 Å². The number of hydrogen-bond donors (Lipinski definition) is 1. The number of halogens is 1. The van der Waals surface area contributed by atoms with Crippen LogP contribution in [-0.2, 0) is 16.0 Å². The maximum absolute atomic E-state index is 13.6. The summed E-state index contributed by atoms with van der Waals surface area (Å²) in [6.07, 6.45) is 2.51. The fourth-order valence-corrected chi connectivity index (χ4v) is 4.80. The largest absolute Gasteiger partial charge is 0.503 e. The molecular weight excluding hydrogens is 442 g/mol. The SMILES string of the molecule is CCc1ccc(C2C(C(=O)c3cc4cc(Cl)ccc4o3)=C(O)C(=O)N2CC2CCCO2)cc1. The number of ketones is 1. The molecule has 170 valence electrons. The molecule has 7 heteroatoms. The van der Waals surface area contributed by atoms with Gasteiger partial charge < -0.3 is 19.2 Å². The number of benzene rings is 2. The molecule has 0 bridgehead atoms. The lowest BCUT2D eigenvalue weighted by Gasteiger charge is -2.28. The quantitative estimate of drug-likeness (QED) is 0.492. The molecule has 1 aromatic heterocycles. The number of nitrogens with zero attached hydrogens (tertiary/aromatic N) is 1. The molecule has 0 spiro atoms. The number of aliphatic hydroxyl groups excluding tert-OH is 1. The molecule has 1 fully saturated rings. The normalized spacial score (nSPS) is 20.9. The zero-order valence-corrected chi connectivity index (χ0v) is 19.0. The lowest BCUT2D eigenvalue weighted by Crippen LogP contribution is -2.37. The number of amides is 1. The highest BCUT2D eigenvalue weighted by Gasteiger charge is 2.45. The van der Waals surface area contributed by atoms with E-state index < -0.39 is 23.5 Å². The Labute approximate surface area is 196 Å². The third-order valence-electron chi connectivity index (χ3n) is 6.38. The summed E-state index contributed by atoms with van der Waals surface area (Å²) in [6.45, 7) is 3.01. The summed E-state index contributed by atoms with van der Waals surface area (Å²) in [5, 5.41) is 12.1. The molecule has 0 saturated carbocycles. The summed E-state index contributed by atoms with van der Waals surface area (Å²) < 4.78 is 11.5. The van der Waals surface area contributed by atoms with Gasteiger partial charge in [-0.1, -0.05) is 42.8 Å². The minimum atomic E-state index is -0.725. The predicted molar refractivity (Wildman–Crippen MR) is 124 cm³/mol. The highest BCUT2D eigenvalue weighted by atomic mass is 35.5. The first-order chi connectivity index (χ1) is 16.0. The van der Waals surface area contributed by atoms with Crippen molar-refractivity contribution < 1.29 is 23.8 Å². The molecular formula is C26H24ClNO5. The number of aryl methyl sites for hydroxylation is 1. The average Bonchev–Trinajstić information content (AvgIpc) is 3.54. The topological polar surface area (TPSA) is 80.0 Å². The average molecular weight is 466 g/mol. The number of hydrogen-bond acceptors (Lipinski definition) is 5. The Morgan fingerprint density at radius 1 is 1.18 bits per heavy atom. The number of Topliss-reactive ketones (excluding diaryl/α,β-unsaturated/α-hetero) is 1. The van der Waals surface area contributed by atoms with Crippen molar-refractivity contribution in [2.24, 2.45) is 0 Å². The minimum absolute atomic E-state index is 0.0207. The van der Waals surface area contributed by atoms with Gasteiger partial charge in [0.25, 0.3) is 5.91 Å². The van der Waals surface area contributed by atoms with Crippen LogP contribution in [0.3, 0.4) is 0 Å². The van der Waals surface area contributed by atoms with E-state index in [1.54, 1.807) is 29.2 Å². The van der Waals surface area contributed by atoms with E-state index >= 15 is 0 Å². The van der Waals surface area contributed by atoms with Gasteiger partial charge >= 0.3 is 0 Å². The second-order valence-electron chi connectivity index (χ2n) is 8.47. The van der Waals surface area contributed by atoms with Gasteiger partial charge in [0.1, 0.15) is 5.58 Å². The molecule has 5 rings (SSSR count). The van der Waals surface area contributed by atoms with Gasteiger partial charge in [0.05, 0.1) is 17.7 Å². The van der Waals surface area contributed by atoms with Crippen molar-refractivity contribution in [1.82, 2.24) is 4.90 Å². The smallest absolute Gasteiger partial charge is 0.290 e. The maximum atomic E-state index is 13.6. The van der Waals surface area contributed by atoms with Crippen LogP contribution in [0.15, 0.2) is 64.3 Å². The molecule has 6 nitrogen and oxygen atoms in total. The minimum Gasteiger partial charge on any atom is -0.503 e. The van der Waals surface area contributed by atoms with Crippen LogP contribution >= 0.6 is 11.6 Å². The molecule has 2 unspecified atom stereocenters. The lowest BCUT2D eigenvalue weighted by molar-refractivity contribution is -0.131. The van der Waals surface area contributed by atoms with Crippen molar-refractivity contribution in [2.45, 2.75) is 38.3 Å². The van der Waals surface area contributed by atoms with Gasteiger partial charge in [-0.15, -0.1) is 0 Å². The van der Waals surface area contributed by atoms with Crippen molar-refractivity contribution in [2.75, 3.05) is 13.2 Å². The highest BCUT2D eigenvalue weighted by molar-refractivity contribution is 6.31. The highest BCUT2D eigenvalue weighted by Crippen LogP contribution is 2.40. The molecule has 0 radical (unpaired) electrons. The lowest BCUT2D eigenvalue weighted by atomic mass is 9.94. The maximum Gasteiger partial charge on any atom is 0.290 e. The van der Waals surface area contributed by atoms with Crippen molar-refractivity contribution in [1.29, 1.82) is 0 Å². The number of aliphatic hydroxyl groups is 1. The zero-order chi connectivity index (χ0) is 23.1. The van der Waals surface area contributed by atoms with Crippen molar-refractivity contribution in [3.05, 3.63) is 81.8 Å². The van der Waals surface area contributed by atoms with E-state index in [9.17, 15) is 14.7 Å². The number of fused-ring (bicyclic) bond motifs is 1. The van der Waals surface area contributed by atoms with Crippen molar-refractivity contribution in [3.63, 3.8) is 0 Å². The molecule has 1 saturated heterocycles. The van der Waals surface area contributed by atoms with Crippen molar-refractivity contribution >= 4 is 34.3 Å². The standard InChI is InChI=1S/C26H24ClNO5/c1-2-15-5-7-16(8-6-15)23-22(25(30)26(31)28(23)14-19-4-3-11-32-19)24(29)21-13-17-12-18(27)9-10-20(17)33-21/h5-10,12-13,19,23,30H,2-4,11,14H2,1H3. The van der Waals surface area contributed by atoms with Crippen LogP contribution in [0.4, 0.5) is 0 Å². The van der Waals surface area contributed by atoms with Gasteiger partial charge in [0, 0.05) is 23.6 Å². The van der Waals surface area contributed by atoms with Gasteiger partial charge in [-0.05, 0) is 54.7 Å². The number of carbonyl (C=O) groups is 2. The molecule has 2 aliphatic rings. The summed E-state index contributed by atoms with van der Waals surface area (Å²) in [5.74, 6) is -1.58. The third-order valence-corrected chi connectivity index (χ3v) is 6.61. The number of ether oxygens (including phenoxy) is 1. The van der Waals surface area contributed by atoms with Crippen LogP contribution in [0.2, 0.25) is 5.02 Å². The van der Waals surface area contributed by atoms with Gasteiger partial charge in [-0.3, -0.25) is 9.59 Å². The fourth-order valence-electron chi connectivity index (χ4n) is 4.62. The Bertz CT molecular complexity index is 1250. The first-order valence-corrected chi connectivity index (χ1v) is 11.5. The van der Waals surface area contributed by atoms with Crippen LogP contribution in [0.1, 0.15) is 47.5 Å². The fraction of sp³-hybridized carbons (Fsp3) is 0.308. The number of rotatable bonds is 6. The van der Waals surface area contributed by atoms with E-state index in [2.05, 4.69) is 6.92 Å². The first-order valence-electron chi connectivity index (χ1n) is 11.1. The molecule has 1 N–H and O–H groups in total. The van der Waals surface area contributed by atoms with Gasteiger partial charge in [-0.2, -0.15) is 0 Å². The Hall–Kier alpha value is -3.09. The molecule has 3 aromatic rings. The Kier molecular flexibility index (Phi) is 5.72. The van der Waals surface area contributed by atoms with Crippen molar-refractivity contribution in [3.8, 4) is 0 Å². The predicted octanol–water partition coefficient (Wildman–Crippen LogP) is 5.41. The van der Waals surface area contributed by atoms with E-state index in [1.807, 2.05) is 24.3 Å². The first kappa shape index (κ1) is 21.7. The van der Waals surface area contributed by atoms with Crippen LogP contribution in [0.5, 0.6) is 0 Å². The van der Waals surface area contributed by atoms with E-state index in [4.69, 9.17) is 20.8 Å². The van der Waals surface area contributed by atoms with Crippen LogP contribution in [0, 0.1) is 0 Å². The molecule has 2 aliphatic heterocycles. The van der Waals surface area contributed by atoms with E-state index in [0.717, 1.165) is 30.4 Å². The third kappa shape index (κ3) is 3.94. The monoisotopic (exact) mass is 465 g/mol. The summed E-state index contributed by atoms with van der Waals surface area (Å²) in [4.78, 5) is 28.3. The molecule has 2 atom stereocenters. The van der Waals surface area contributed by atoms with Crippen LogP contribution in [0.25, 0.3) is 11.0 Å². The number of furan rings is 1. The van der Waals surface area contributed by atoms with Gasteiger partial charge in [0.2, 0.25) is 5.78 Å². The molecule has 2 aromatic carbocycles. The second-order valence-corrected chi connectivity index (χ2v) is 8.91. The molecule has 0 aliphatic carbocycles. The Morgan fingerprint density at radius 3 is 2.67 bits per heavy atom. The molecule has 1 amide bonds. The van der Waals surface area contributed by atoms with E-state index in [0.29, 0.717) is 29.1 Å². The Morgan fingerprint density at radius 2 is 1.97 bits per heavy atom. The Balaban J connectivity index is 1.56. The van der Waals surface area contributed by atoms with Crippen LogP contribution in [-0.4, -0.2) is 41.0 Å². The number of carbonyl (C=O) groups excluding carboxylic acids is 2. The summed E-state index contributed by atoms with van der Waals surface area (Å²) in [6, 6.07) is 13.7. The molecule has 3 heterocycles. The summed E-state index contributed by atoms with van der Waals surface area (Å²) in [7, 11) is 0. The molecule has 33 heavy (non-hydrogen) atoms. The van der Waals surface area contributed by atoms with E-state index in [1.165, 1.54) is 0 Å². The summed E-state index contributed by atoms with van der Waals surface area (Å²) >= 11 is 6.07. The van der Waals surface area contributed by atoms with Gasteiger partial charge in [0.15, 0.2) is 11.5 Å². The van der Waals surface area contributed by atoms with E-state index in [-0.39, 0.29) is 17.4 Å². The van der Waals surface area contributed by atoms with Gasteiger partial charge in [-0.25, -0.2) is 0 Å². The second kappa shape index (κ2) is 8.69. The zero-order valence-electron chi connectivity index (χ0n) is 18.2.